The van der Waals surface area contributed by atoms with Crippen molar-refractivity contribution in [1.82, 2.24) is 14.8 Å². The van der Waals surface area contributed by atoms with E-state index in [1.807, 2.05) is 41.9 Å². The summed E-state index contributed by atoms with van der Waals surface area (Å²) >= 11 is 3.38. The number of amides is 1. The van der Waals surface area contributed by atoms with Crippen molar-refractivity contribution in [2.45, 2.75) is 26.8 Å². The Labute approximate surface area is 142 Å². The van der Waals surface area contributed by atoms with E-state index >= 15 is 0 Å². The van der Waals surface area contributed by atoms with Gasteiger partial charge in [0, 0.05) is 21.6 Å². The van der Waals surface area contributed by atoms with E-state index in [1.54, 1.807) is 6.20 Å². The lowest BCUT2D eigenvalue weighted by molar-refractivity contribution is 0.102. The van der Waals surface area contributed by atoms with Crippen molar-refractivity contribution in [2.24, 2.45) is 0 Å². The Morgan fingerprint density at radius 1 is 1.26 bits per heavy atom. The molecule has 0 unspecified atom stereocenters. The van der Waals surface area contributed by atoms with Gasteiger partial charge >= 0.3 is 0 Å². The van der Waals surface area contributed by atoms with Gasteiger partial charge in [0.1, 0.15) is 0 Å². The van der Waals surface area contributed by atoms with Crippen LogP contribution in [-0.2, 0) is 0 Å². The fraction of sp³-hybridized carbons (Fsp3) is 0.235. The molecule has 3 rings (SSSR count). The fourth-order valence-corrected chi connectivity index (χ4v) is 2.67. The van der Waals surface area contributed by atoms with E-state index in [2.05, 4.69) is 45.2 Å². The molecule has 0 saturated heterocycles. The van der Waals surface area contributed by atoms with Crippen molar-refractivity contribution < 1.29 is 4.79 Å². The normalized spacial score (nSPS) is 11.2. The smallest absolute Gasteiger partial charge is 0.257 e. The summed E-state index contributed by atoms with van der Waals surface area (Å²) in [7, 11) is 0. The predicted molar refractivity (Wildman–Crippen MR) is 94.7 cm³/mol. The highest BCUT2D eigenvalue weighted by Crippen LogP contribution is 2.21. The molecule has 23 heavy (non-hydrogen) atoms. The van der Waals surface area contributed by atoms with Crippen LogP contribution in [0.2, 0.25) is 0 Å². The van der Waals surface area contributed by atoms with Gasteiger partial charge in [-0.15, -0.1) is 0 Å². The van der Waals surface area contributed by atoms with Gasteiger partial charge in [-0.3, -0.25) is 4.79 Å². The highest BCUT2D eigenvalue weighted by molar-refractivity contribution is 9.10. The third kappa shape index (κ3) is 3.12. The molecule has 5 nitrogen and oxygen atoms in total. The van der Waals surface area contributed by atoms with Gasteiger partial charge in [0.15, 0.2) is 5.65 Å². The second-order valence-corrected chi connectivity index (χ2v) is 6.59. The first-order valence-corrected chi connectivity index (χ1v) is 8.17. The molecule has 0 spiro atoms. The van der Waals surface area contributed by atoms with Crippen LogP contribution in [0, 0.1) is 6.92 Å². The molecule has 2 heterocycles. The molecule has 118 valence electrons. The largest absolute Gasteiger partial charge is 0.322 e. The molecule has 0 radical (unpaired) electrons. The molecule has 1 aromatic carbocycles. The number of aryl methyl sites for hydroxylation is 1. The maximum atomic E-state index is 12.5. The Hall–Kier alpha value is -2.21. The van der Waals surface area contributed by atoms with Crippen LogP contribution in [0.5, 0.6) is 0 Å². The van der Waals surface area contributed by atoms with E-state index in [0.717, 1.165) is 21.2 Å². The number of halogens is 1. The fourth-order valence-electron chi connectivity index (χ4n) is 2.41. The molecule has 0 aliphatic heterocycles. The van der Waals surface area contributed by atoms with Crippen molar-refractivity contribution in [3.8, 4) is 0 Å². The molecule has 1 N–H and O–H groups in total. The number of hydrogen-bond acceptors (Lipinski definition) is 3. The van der Waals surface area contributed by atoms with Crippen molar-refractivity contribution >= 4 is 38.6 Å². The summed E-state index contributed by atoms with van der Waals surface area (Å²) in [4.78, 5) is 17.1. The summed E-state index contributed by atoms with van der Waals surface area (Å²) in [6.45, 7) is 5.95. The number of benzene rings is 1. The summed E-state index contributed by atoms with van der Waals surface area (Å²) < 4.78 is 2.83. The number of anilines is 1. The van der Waals surface area contributed by atoms with Crippen LogP contribution in [0.25, 0.3) is 11.0 Å². The number of fused-ring (bicyclic) bond motifs is 1. The van der Waals surface area contributed by atoms with Crippen LogP contribution in [0.3, 0.4) is 0 Å². The lowest BCUT2D eigenvalue weighted by Crippen LogP contribution is -2.14. The number of carbonyl (C=O) groups is 1. The second kappa shape index (κ2) is 6.12. The number of rotatable bonds is 3. The van der Waals surface area contributed by atoms with Crippen molar-refractivity contribution in [1.29, 1.82) is 0 Å². The average molecular weight is 373 g/mol. The average Bonchev–Trinajstić information content (AvgIpc) is 2.91. The van der Waals surface area contributed by atoms with Gasteiger partial charge in [-0.05, 0) is 51.1 Å². The zero-order valence-electron chi connectivity index (χ0n) is 13.2. The Kier molecular flexibility index (Phi) is 4.17. The number of pyridine rings is 1. The molecule has 0 bridgehead atoms. The monoisotopic (exact) mass is 372 g/mol. The minimum atomic E-state index is -0.170. The maximum absolute atomic E-state index is 12.5. The molecule has 3 aromatic rings. The van der Waals surface area contributed by atoms with Gasteiger partial charge in [-0.25, -0.2) is 9.67 Å². The minimum Gasteiger partial charge on any atom is -0.322 e. The van der Waals surface area contributed by atoms with Gasteiger partial charge in [-0.2, -0.15) is 5.10 Å². The number of aromatic nitrogens is 3. The molecule has 0 atom stereocenters. The van der Waals surface area contributed by atoms with E-state index in [0.29, 0.717) is 11.3 Å². The van der Waals surface area contributed by atoms with E-state index < -0.39 is 0 Å². The minimum absolute atomic E-state index is 0.170. The van der Waals surface area contributed by atoms with E-state index in [9.17, 15) is 4.79 Å². The maximum Gasteiger partial charge on any atom is 0.257 e. The van der Waals surface area contributed by atoms with Crippen molar-refractivity contribution in [3.63, 3.8) is 0 Å². The Bertz CT molecular complexity index is 868. The highest BCUT2D eigenvalue weighted by atomic mass is 79.9. The van der Waals surface area contributed by atoms with Crippen LogP contribution < -0.4 is 5.32 Å². The van der Waals surface area contributed by atoms with Crippen molar-refractivity contribution in [2.75, 3.05) is 5.32 Å². The second-order valence-electron chi connectivity index (χ2n) is 5.68. The quantitative estimate of drug-likeness (QED) is 0.743. The third-order valence-electron chi connectivity index (χ3n) is 3.60. The lowest BCUT2D eigenvalue weighted by Gasteiger charge is -2.10. The molecule has 2 aromatic heterocycles. The number of nitrogens with zero attached hydrogens (tertiary/aromatic N) is 3. The summed E-state index contributed by atoms with van der Waals surface area (Å²) in [5, 5.41) is 8.11. The van der Waals surface area contributed by atoms with E-state index in [4.69, 9.17) is 0 Å². The summed E-state index contributed by atoms with van der Waals surface area (Å²) in [6, 6.07) is 9.53. The van der Waals surface area contributed by atoms with Gasteiger partial charge in [0.05, 0.1) is 17.5 Å². The number of nitrogens with one attached hydrogen (secondary N) is 1. The molecule has 0 fully saturated rings. The lowest BCUT2D eigenvalue weighted by atomic mass is 10.1. The summed E-state index contributed by atoms with van der Waals surface area (Å²) in [5.74, 6) is -0.170. The van der Waals surface area contributed by atoms with Crippen LogP contribution in [0.15, 0.2) is 41.0 Å². The predicted octanol–water partition coefficient (Wildman–Crippen LogP) is 4.34. The molecule has 6 heteroatoms. The first-order chi connectivity index (χ1) is 11.0. The summed E-state index contributed by atoms with van der Waals surface area (Å²) in [5.41, 5.74) is 2.80. The van der Waals surface area contributed by atoms with E-state index in [1.165, 1.54) is 0 Å². The molecule has 0 aliphatic rings. The topological polar surface area (TPSA) is 59.8 Å². The number of hydrogen-bond donors (Lipinski definition) is 1. The van der Waals surface area contributed by atoms with Crippen molar-refractivity contribution in [3.05, 3.63) is 52.3 Å². The Balaban J connectivity index is 1.94. The van der Waals surface area contributed by atoms with Gasteiger partial charge in [-0.1, -0.05) is 15.9 Å². The first kappa shape index (κ1) is 15.7. The Morgan fingerprint density at radius 3 is 2.61 bits per heavy atom. The van der Waals surface area contributed by atoms with Crippen LogP contribution in [0.4, 0.5) is 5.69 Å². The van der Waals surface area contributed by atoms with Gasteiger partial charge in [0.2, 0.25) is 0 Å². The summed E-state index contributed by atoms with van der Waals surface area (Å²) in [6.07, 6.45) is 1.75. The molecule has 1 amide bonds. The van der Waals surface area contributed by atoms with Gasteiger partial charge in [0.25, 0.3) is 5.91 Å². The number of carbonyl (C=O) groups excluding carboxylic acids is 1. The van der Waals surface area contributed by atoms with Gasteiger partial charge < -0.3 is 5.32 Å². The third-order valence-corrected chi connectivity index (χ3v) is 4.12. The molecule has 0 saturated carbocycles. The zero-order chi connectivity index (χ0) is 16.6. The van der Waals surface area contributed by atoms with E-state index in [-0.39, 0.29) is 11.9 Å². The zero-order valence-corrected chi connectivity index (χ0v) is 14.8. The van der Waals surface area contributed by atoms with Crippen LogP contribution >= 0.6 is 15.9 Å². The SMILES string of the molecule is Cc1nc2c(cnn2C(C)C)cc1C(=O)Nc1ccc(Br)cc1. The molecular weight excluding hydrogens is 356 g/mol. The molecule has 0 aliphatic carbocycles. The van der Waals surface area contributed by atoms with Crippen LogP contribution in [-0.4, -0.2) is 20.7 Å². The Morgan fingerprint density at radius 2 is 1.96 bits per heavy atom. The highest BCUT2D eigenvalue weighted by Gasteiger charge is 2.15. The first-order valence-electron chi connectivity index (χ1n) is 7.37. The molecular formula is C17H17BrN4O. The standard InChI is InChI=1S/C17H17BrN4O/c1-10(2)22-16-12(9-19-22)8-15(11(3)20-16)17(23)21-14-6-4-13(18)5-7-14/h4-10H,1-3H3,(H,21,23). The van der Waals surface area contributed by atoms with Crippen LogP contribution in [0.1, 0.15) is 35.9 Å².